The van der Waals surface area contributed by atoms with Gasteiger partial charge in [-0.25, -0.2) is 4.98 Å². The molecule has 1 aliphatic rings. The molecule has 146 valence electrons. The number of methoxy groups -OCH3 is 1. The number of pyridine rings is 1. The zero-order valence-corrected chi connectivity index (χ0v) is 16.5. The minimum absolute atomic E-state index is 0.0278. The Morgan fingerprint density at radius 3 is 3.07 bits per heavy atom. The molecule has 7 nitrogen and oxygen atoms in total. The second-order valence-corrected chi connectivity index (χ2v) is 7.22. The summed E-state index contributed by atoms with van der Waals surface area (Å²) < 4.78 is 10.6. The highest BCUT2D eigenvalue weighted by molar-refractivity contribution is 6.31. The fourth-order valence-corrected chi connectivity index (χ4v) is 3.70. The molecule has 8 heteroatoms. The van der Waals surface area contributed by atoms with Gasteiger partial charge >= 0.3 is 0 Å². The van der Waals surface area contributed by atoms with E-state index < -0.39 is 0 Å². The van der Waals surface area contributed by atoms with Crippen LogP contribution in [0.1, 0.15) is 29.4 Å². The van der Waals surface area contributed by atoms with E-state index in [1.54, 1.807) is 19.2 Å². The number of nitrogens with one attached hydrogen (secondary N) is 1. The van der Waals surface area contributed by atoms with Crippen LogP contribution in [-0.4, -0.2) is 42.3 Å². The van der Waals surface area contributed by atoms with Crippen LogP contribution in [0.3, 0.4) is 0 Å². The summed E-state index contributed by atoms with van der Waals surface area (Å²) in [5.41, 5.74) is 2.70. The number of fused-ring (bicyclic) bond motifs is 1. The summed E-state index contributed by atoms with van der Waals surface area (Å²) >= 11 is 6.14. The molecule has 1 saturated heterocycles. The second kappa shape index (κ2) is 7.67. The van der Waals surface area contributed by atoms with Gasteiger partial charge in [0.2, 0.25) is 0 Å². The topological polar surface area (TPSA) is 80.5 Å². The van der Waals surface area contributed by atoms with Crippen molar-refractivity contribution in [2.75, 3.05) is 25.1 Å². The number of aryl methyl sites for hydroxylation is 1. The zero-order chi connectivity index (χ0) is 19.7. The number of anilines is 1. The van der Waals surface area contributed by atoms with E-state index in [2.05, 4.69) is 20.4 Å². The van der Waals surface area contributed by atoms with Gasteiger partial charge in [-0.3, -0.25) is 4.79 Å². The Morgan fingerprint density at radius 1 is 1.43 bits per heavy atom. The average Bonchev–Trinajstić information content (AvgIpc) is 3.34. The summed E-state index contributed by atoms with van der Waals surface area (Å²) in [6.07, 6.45) is 3.08. The van der Waals surface area contributed by atoms with Crippen molar-refractivity contribution in [1.82, 2.24) is 15.5 Å². The smallest absolute Gasteiger partial charge is 0.257 e. The molecule has 28 heavy (non-hydrogen) atoms. The predicted molar refractivity (Wildman–Crippen MR) is 107 cm³/mol. The summed E-state index contributed by atoms with van der Waals surface area (Å²) in [4.78, 5) is 19.1. The Balaban J connectivity index is 1.47. The molecule has 0 bridgehead atoms. The van der Waals surface area contributed by atoms with Crippen molar-refractivity contribution in [1.29, 1.82) is 0 Å². The van der Waals surface area contributed by atoms with Gasteiger partial charge in [-0.2, -0.15) is 0 Å². The maximum atomic E-state index is 12.7. The number of benzene rings is 1. The van der Waals surface area contributed by atoms with Crippen LogP contribution < -0.4 is 15.0 Å². The van der Waals surface area contributed by atoms with Crippen molar-refractivity contribution in [2.24, 2.45) is 0 Å². The van der Waals surface area contributed by atoms with E-state index in [1.807, 2.05) is 19.1 Å². The standard InChI is InChI=1S/C20H21ClN4O3/c1-3-16-15-8-12(10-22-20(15)28-24-16)19(26)23-14-6-7-25(11-14)17-9-13(21)4-5-18(17)27-2/h4-5,8-10,14H,3,6-7,11H2,1-2H3,(H,23,26)/t14-/m1/s1. The average molecular weight is 401 g/mol. The number of nitrogens with zero attached hydrogens (tertiary/aromatic N) is 3. The molecular formula is C20H21ClN4O3. The van der Waals surface area contributed by atoms with E-state index in [1.165, 1.54) is 6.20 Å². The van der Waals surface area contributed by atoms with Gasteiger partial charge in [0, 0.05) is 30.4 Å². The monoisotopic (exact) mass is 400 g/mol. The van der Waals surface area contributed by atoms with Gasteiger partial charge in [-0.1, -0.05) is 23.7 Å². The molecule has 3 aromatic rings. The normalized spacial score (nSPS) is 16.5. The molecule has 0 saturated carbocycles. The fourth-order valence-electron chi connectivity index (χ4n) is 3.53. The Labute approximate surface area is 167 Å². The zero-order valence-electron chi connectivity index (χ0n) is 15.7. The quantitative estimate of drug-likeness (QED) is 0.706. The maximum Gasteiger partial charge on any atom is 0.257 e. The van der Waals surface area contributed by atoms with Crippen LogP contribution >= 0.6 is 11.6 Å². The van der Waals surface area contributed by atoms with Gasteiger partial charge in [0.15, 0.2) is 0 Å². The van der Waals surface area contributed by atoms with Crippen molar-refractivity contribution in [3.63, 3.8) is 0 Å². The molecular weight excluding hydrogens is 380 g/mol. The number of hydrogen-bond donors (Lipinski definition) is 1. The highest BCUT2D eigenvalue weighted by Crippen LogP contribution is 2.33. The van der Waals surface area contributed by atoms with Crippen LogP contribution in [0.5, 0.6) is 5.75 Å². The molecule has 0 spiro atoms. The molecule has 1 N–H and O–H groups in total. The maximum absolute atomic E-state index is 12.7. The van der Waals surface area contributed by atoms with E-state index in [0.717, 1.165) is 41.9 Å². The van der Waals surface area contributed by atoms with Gasteiger partial charge in [0.1, 0.15) is 5.75 Å². The number of carbonyl (C=O) groups excluding carboxylic acids is 1. The van der Waals surface area contributed by atoms with Gasteiger partial charge < -0.3 is 19.5 Å². The molecule has 3 heterocycles. The van der Waals surface area contributed by atoms with Crippen LogP contribution in [-0.2, 0) is 6.42 Å². The summed E-state index contributed by atoms with van der Waals surface area (Å²) in [5.74, 6) is 0.619. The molecule has 1 aromatic carbocycles. The van der Waals surface area contributed by atoms with Crippen LogP contribution in [0.2, 0.25) is 5.02 Å². The van der Waals surface area contributed by atoms with Gasteiger partial charge in [0.25, 0.3) is 11.6 Å². The van der Waals surface area contributed by atoms with Crippen molar-refractivity contribution < 1.29 is 14.1 Å². The number of hydrogen-bond acceptors (Lipinski definition) is 6. The Bertz CT molecular complexity index is 1020. The molecule has 1 atom stereocenters. The highest BCUT2D eigenvalue weighted by atomic mass is 35.5. The lowest BCUT2D eigenvalue weighted by molar-refractivity contribution is 0.0940. The first-order valence-corrected chi connectivity index (χ1v) is 9.60. The van der Waals surface area contributed by atoms with Crippen molar-refractivity contribution in [2.45, 2.75) is 25.8 Å². The van der Waals surface area contributed by atoms with Crippen LogP contribution in [0, 0.1) is 0 Å². The molecule has 4 rings (SSSR count). The van der Waals surface area contributed by atoms with E-state index in [0.29, 0.717) is 22.8 Å². The Hall–Kier alpha value is -2.80. The van der Waals surface area contributed by atoms with E-state index in [4.69, 9.17) is 20.9 Å². The SMILES string of the molecule is CCc1noc2ncc(C(=O)N[C@@H]3CCN(c4cc(Cl)ccc4OC)C3)cc12. The Morgan fingerprint density at radius 2 is 2.29 bits per heavy atom. The van der Waals surface area contributed by atoms with Crippen LogP contribution in [0.4, 0.5) is 5.69 Å². The van der Waals surface area contributed by atoms with E-state index in [-0.39, 0.29) is 11.9 Å². The first kappa shape index (κ1) is 18.6. The largest absolute Gasteiger partial charge is 0.495 e. The number of halogens is 1. The van der Waals surface area contributed by atoms with E-state index in [9.17, 15) is 4.79 Å². The van der Waals surface area contributed by atoms with Crippen molar-refractivity contribution in [3.8, 4) is 5.75 Å². The van der Waals surface area contributed by atoms with Crippen molar-refractivity contribution in [3.05, 3.63) is 46.7 Å². The molecule has 0 aliphatic carbocycles. The molecule has 1 aliphatic heterocycles. The minimum atomic E-state index is -0.150. The van der Waals surface area contributed by atoms with Crippen LogP contribution in [0.15, 0.2) is 35.0 Å². The van der Waals surface area contributed by atoms with Crippen molar-refractivity contribution >= 4 is 34.3 Å². The lowest BCUT2D eigenvalue weighted by Gasteiger charge is -2.21. The van der Waals surface area contributed by atoms with Crippen LogP contribution in [0.25, 0.3) is 11.1 Å². The number of carbonyl (C=O) groups is 1. The molecule has 1 amide bonds. The molecule has 0 radical (unpaired) electrons. The lowest BCUT2D eigenvalue weighted by atomic mass is 10.1. The molecule has 2 aromatic heterocycles. The summed E-state index contributed by atoms with van der Waals surface area (Å²) in [5, 5.41) is 8.52. The van der Waals surface area contributed by atoms with Gasteiger partial charge in [-0.15, -0.1) is 0 Å². The number of aromatic nitrogens is 2. The number of ether oxygens (including phenoxy) is 1. The molecule has 1 fully saturated rings. The van der Waals surface area contributed by atoms with E-state index >= 15 is 0 Å². The minimum Gasteiger partial charge on any atom is -0.495 e. The lowest BCUT2D eigenvalue weighted by Crippen LogP contribution is -2.37. The predicted octanol–water partition coefficient (Wildman–Crippen LogP) is 3.46. The fraction of sp³-hybridized carbons (Fsp3) is 0.350. The number of amides is 1. The first-order valence-electron chi connectivity index (χ1n) is 9.22. The summed E-state index contributed by atoms with van der Waals surface area (Å²) in [6.45, 7) is 3.48. The van der Waals surface area contributed by atoms with Gasteiger partial charge in [-0.05, 0) is 37.1 Å². The first-order chi connectivity index (χ1) is 13.6. The Kier molecular flexibility index (Phi) is 5.09. The number of rotatable bonds is 5. The third-order valence-electron chi connectivity index (χ3n) is 5.01. The summed E-state index contributed by atoms with van der Waals surface area (Å²) in [6, 6.07) is 7.37. The molecule has 0 unspecified atom stereocenters. The third-order valence-corrected chi connectivity index (χ3v) is 5.24. The third kappa shape index (κ3) is 3.49. The van der Waals surface area contributed by atoms with Gasteiger partial charge in [0.05, 0.1) is 29.4 Å². The summed E-state index contributed by atoms with van der Waals surface area (Å²) in [7, 11) is 1.64. The highest BCUT2D eigenvalue weighted by Gasteiger charge is 2.26. The second-order valence-electron chi connectivity index (χ2n) is 6.78.